The predicted molar refractivity (Wildman–Crippen MR) is 83.4 cm³/mol. The number of nitrogens with one attached hydrogen (secondary N) is 1. The Balaban J connectivity index is 2.32. The molecule has 0 bridgehead atoms. The normalized spacial score (nSPS) is 14.8. The van der Waals surface area contributed by atoms with E-state index in [9.17, 15) is 5.11 Å². The van der Waals surface area contributed by atoms with Crippen molar-refractivity contribution in [2.45, 2.75) is 26.0 Å². The number of benzene rings is 2. The zero-order valence-electron chi connectivity index (χ0n) is 12.4. The molecule has 0 aliphatic carbocycles. The topological polar surface area (TPSA) is 32.3 Å². The Morgan fingerprint density at radius 3 is 1.75 bits per heavy atom. The van der Waals surface area contributed by atoms with Crippen molar-refractivity contribution < 1.29 is 5.11 Å². The van der Waals surface area contributed by atoms with Crippen LogP contribution in [0.2, 0.25) is 0 Å². The maximum Gasteiger partial charge on any atom is 0.0859 e. The molecule has 2 rings (SSSR count). The molecular formula is C18H23NO. The molecule has 0 aliphatic heterocycles. The van der Waals surface area contributed by atoms with Gasteiger partial charge >= 0.3 is 0 Å². The van der Waals surface area contributed by atoms with Crippen molar-refractivity contribution in [3.63, 3.8) is 0 Å². The van der Waals surface area contributed by atoms with Gasteiger partial charge in [0, 0.05) is 11.5 Å². The van der Waals surface area contributed by atoms with Crippen LogP contribution in [0.5, 0.6) is 0 Å². The quantitative estimate of drug-likeness (QED) is 0.867. The fourth-order valence-corrected chi connectivity index (χ4v) is 2.84. The smallest absolute Gasteiger partial charge is 0.0859 e. The fraction of sp³-hybridized carbons (Fsp3) is 0.333. The molecule has 2 nitrogen and oxygen atoms in total. The summed E-state index contributed by atoms with van der Waals surface area (Å²) < 4.78 is 0. The van der Waals surface area contributed by atoms with Gasteiger partial charge in [0.25, 0.3) is 0 Å². The van der Waals surface area contributed by atoms with Crippen molar-refractivity contribution in [3.8, 4) is 0 Å². The van der Waals surface area contributed by atoms with Gasteiger partial charge in [0.05, 0.1) is 6.10 Å². The molecule has 20 heavy (non-hydrogen) atoms. The number of hydrogen-bond donors (Lipinski definition) is 2. The van der Waals surface area contributed by atoms with Gasteiger partial charge in [0.1, 0.15) is 0 Å². The van der Waals surface area contributed by atoms with E-state index in [-0.39, 0.29) is 11.5 Å². The highest BCUT2D eigenvalue weighted by Gasteiger charge is 2.37. The minimum Gasteiger partial charge on any atom is -0.388 e. The van der Waals surface area contributed by atoms with Crippen LogP contribution in [0.3, 0.4) is 0 Å². The van der Waals surface area contributed by atoms with Crippen molar-refractivity contribution in [1.82, 2.24) is 5.32 Å². The van der Waals surface area contributed by atoms with Crippen molar-refractivity contribution in [1.29, 1.82) is 0 Å². The summed E-state index contributed by atoms with van der Waals surface area (Å²) >= 11 is 0. The maximum absolute atomic E-state index is 10.8. The summed E-state index contributed by atoms with van der Waals surface area (Å²) in [5.41, 5.74) is 1.82. The predicted octanol–water partition coefficient (Wildman–Crippen LogP) is 3.71. The molecule has 0 fully saturated rings. The van der Waals surface area contributed by atoms with Crippen LogP contribution in [0, 0.1) is 5.41 Å². The van der Waals surface area contributed by atoms with E-state index in [4.69, 9.17) is 0 Å². The Morgan fingerprint density at radius 2 is 1.30 bits per heavy atom. The average molecular weight is 269 g/mol. The van der Waals surface area contributed by atoms with Crippen LogP contribution >= 0.6 is 0 Å². The third-order valence-electron chi connectivity index (χ3n) is 3.99. The highest BCUT2D eigenvalue weighted by atomic mass is 16.3. The van der Waals surface area contributed by atoms with Crippen molar-refractivity contribution in [2.75, 3.05) is 7.05 Å². The van der Waals surface area contributed by atoms with Crippen LogP contribution < -0.4 is 5.32 Å². The molecule has 106 valence electrons. The lowest BCUT2D eigenvalue weighted by Crippen LogP contribution is -2.37. The second-order valence-corrected chi connectivity index (χ2v) is 5.77. The minimum absolute atomic E-state index is 0.0823. The minimum atomic E-state index is -0.527. The van der Waals surface area contributed by atoms with E-state index >= 15 is 0 Å². The maximum atomic E-state index is 10.8. The molecule has 0 spiro atoms. The third kappa shape index (κ3) is 2.92. The Hall–Kier alpha value is -1.64. The van der Waals surface area contributed by atoms with Crippen LogP contribution in [-0.2, 0) is 0 Å². The summed E-state index contributed by atoms with van der Waals surface area (Å²) in [6, 6.07) is 20.2. The molecule has 2 atom stereocenters. The highest BCUT2D eigenvalue weighted by Crippen LogP contribution is 2.43. The van der Waals surface area contributed by atoms with Gasteiger partial charge in [-0.15, -0.1) is 0 Å². The van der Waals surface area contributed by atoms with Gasteiger partial charge in [-0.25, -0.2) is 0 Å². The molecule has 0 amide bonds. The second kappa shape index (κ2) is 6.21. The van der Waals surface area contributed by atoms with E-state index in [1.54, 1.807) is 0 Å². The van der Waals surface area contributed by atoms with Gasteiger partial charge in [-0.3, -0.25) is 0 Å². The highest BCUT2D eigenvalue weighted by molar-refractivity contribution is 5.25. The van der Waals surface area contributed by atoms with E-state index in [0.29, 0.717) is 0 Å². The lowest BCUT2D eigenvalue weighted by atomic mass is 9.73. The van der Waals surface area contributed by atoms with Gasteiger partial charge in [-0.2, -0.15) is 0 Å². The zero-order valence-corrected chi connectivity index (χ0v) is 12.4. The van der Waals surface area contributed by atoms with Gasteiger partial charge < -0.3 is 10.4 Å². The molecule has 0 heterocycles. The van der Waals surface area contributed by atoms with Gasteiger partial charge in [0.15, 0.2) is 0 Å². The first-order valence-electron chi connectivity index (χ1n) is 7.02. The largest absolute Gasteiger partial charge is 0.388 e. The number of aliphatic hydroxyl groups is 1. The first-order valence-corrected chi connectivity index (χ1v) is 7.02. The van der Waals surface area contributed by atoms with Crippen LogP contribution in [0.15, 0.2) is 60.7 Å². The average Bonchev–Trinajstić information content (AvgIpc) is 2.49. The van der Waals surface area contributed by atoms with Crippen molar-refractivity contribution in [2.24, 2.45) is 5.41 Å². The molecule has 0 aliphatic rings. The molecular weight excluding hydrogens is 246 g/mol. The Labute approximate surface area is 121 Å². The van der Waals surface area contributed by atoms with Crippen molar-refractivity contribution >= 4 is 0 Å². The Kier molecular flexibility index (Phi) is 4.58. The molecule has 0 saturated heterocycles. The number of aliphatic hydroxyl groups excluding tert-OH is 1. The summed E-state index contributed by atoms with van der Waals surface area (Å²) in [5, 5.41) is 14.1. The van der Waals surface area contributed by atoms with Crippen LogP contribution in [-0.4, -0.2) is 12.2 Å². The van der Waals surface area contributed by atoms with E-state index in [2.05, 4.69) is 31.3 Å². The summed E-state index contributed by atoms with van der Waals surface area (Å²) in [4.78, 5) is 0. The molecule has 0 radical (unpaired) electrons. The third-order valence-corrected chi connectivity index (χ3v) is 3.99. The number of hydrogen-bond acceptors (Lipinski definition) is 2. The summed E-state index contributed by atoms with van der Waals surface area (Å²) in [6.07, 6.45) is -0.527. The lowest BCUT2D eigenvalue weighted by Gasteiger charge is -2.39. The first kappa shape index (κ1) is 14.8. The molecule has 0 unspecified atom stereocenters. The fourth-order valence-electron chi connectivity index (χ4n) is 2.84. The molecule has 2 aromatic carbocycles. The second-order valence-electron chi connectivity index (χ2n) is 5.77. The van der Waals surface area contributed by atoms with Crippen LogP contribution in [0.1, 0.15) is 37.1 Å². The van der Waals surface area contributed by atoms with Crippen LogP contribution in [0.25, 0.3) is 0 Å². The SMILES string of the molecule is CN[C@H](c1ccccc1)C(C)(C)[C@@H](O)c1ccccc1. The van der Waals surface area contributed by atoms with Gasteiger partial charge in [0.2, 0.25) is 0 Å². The van der Waals surface area contributed by atoms with E-state index in [1.807, 2.05) is 55.6 Å². The molecule has 2 N–H and O–H groups in total. The Bertz CT molecular complexity index is 522. The zero-order chi connectivity index (χ0) is 14.6. The molecule has 0 aromatic heterocycles. The van der Waals surface area contributed by atoms with E-state index < -0.39 is 6.10 Å². The van der Waals surface area contributed by atoms with E-state index in [1.165, 1.54) is 5.56 Å². The molecule has 2 heteroatoms. The standard InChI is InChI=1S/C18H23NO/c1-18(2,17(20)15-12-8-5-9-13-15)16(19-3)14-10-6-4-7-11-14/h4-13,16-17,19-20H,1-3H3/t16-,17+/m1/s1. The first-order chi connectivity index (χ1) is 9.57. The van der Waals surface area contributed by atoms with Gasteiger partial charge in [-0.1, -0.05) is 74.5 Å². The summed E-state index contributed by atoms with van der Waals surface area (Å²) in [6.45, 7) is 4.19. The lowest BCUT2D eigenvalue weighted by molar-refractivity contribution is 0.0213. The monoisotopic (exact) mass is 269 g/mol. The molecule has 2 aromatic rings. The van der Waals surface area contributed by atoms with Gasteiger partial charge in [-0.05, 0) is 18.2 Å². The molecule has 0 saturated carbocycles. The number of rotatable bonds is 5. The Morgan fingerprint density at radius 1 is 0.850 bits per heavy atom. The summed E-state index contributed by atoms with van der Waals surface area (Å²) in [5.74, 6) is 0. The van der Waals surface area contributed by atoms with Crippen molar-refractivity contribution in [3.05, 3.63) is 71.8 Å². The summed E-state index contributed by atoms with van der Waals surface area (Å²) in [7, 11) is 1.94. The van der Waals surface area contributed by atoms with E-state index in [0.717, 1.165) is 5.56 Å². The van der Waals surface area contributed by atoms with Crippen LogP contribution in [0.4, 0.5) is 0 Å².